The second-order valence-corrected chi connectivity index (χ2v) is 5.32. The largest absolute Gasteiger partial charge is 0.383 e. The predicted octanol–water partition coefficient (Wildman–Crippen LogP) is 2.64. The fourth-order valence-electron chi connectivity index (χ4n) is 2.37. The van der Waals surface area contributed by atoms with E-state index in [4.69, 9.17) is 15.8 Å². The van der Waals surface area contributed by atoms with E-state index in [2.05, 4.69) is 44.8 Å². The van der Waals surface area contributed by atoms with Crippen LogP contribution in [0.1, 0.15) is 38.8 Å². The molecule has 1 saturated heterocycles. The standard InChI is InChI=1S/C7H12N2.C6H7N5.C3H4O.C2H6/c1-9-6-2-3-7(9)4-5-8;1-3-4-5(7)8-2-9-6(4)11-10-3;1-2-3-4;1-2/h7H,2-4,6H2,1H3;2H,1H3,(H3,7,8,9,10,11);2-3H,1H2;1-2H3. The number of nitrogen functional groups attached to an aromatic ring is 1. The van der Waals surface area contributed by atoms with Crippen molar-refractivity contribution in [1.82, 2.24) is 25.1 Å². The van der Waals surface area contributed by atoms with Crippen LogP contribution in [0.25, 0.3) is 11.0 Å². The smallest absolute Gasteiger partial charge is 0.186 e. The Morgan fingerprint density at radius 2 is 2.15 bits per heavy atom. The zero-order valence-electron chi connectivity index (χ0n) is 16.1. The number of rotatable bonds is 2. The van der Waals surface area contributed by atoms with Crippen LogP contribution in [0.3, 0.4) is 0 Å². The molecule has 2 aromatic rings. The number of aromatic nitrogens is 4. The van der Waals surface area contributed by atoms with Crippen LogP contribution in [0.5, 0.6) is 0 Å². The van der Waals surface area contributed by atoms with E-state index in [1.54, 1.807) is 0 Å². The number of aryl methyl sites for hydroxylation is 1. The maximum absolute atomic E-state index is 9.06. The first-order valence-corrected chi connectivity index (χ1v) is 8.59. The summed E-state index contributed by atoms with van der Waals surface area (Å²) in [4.78, 5) is 19.1. The third kappa shape index (κ3) is 7.40. The molecule has 2 aromatic heterocycles. The van der Waals surface area contributed by atoms with Crippen molar-refractivity contribution >= 4 is 23.1 Å². The van der Waals surface area contributed by atoms with Gasteiger partial charge in [0.1, 0.15) is 18.4 Å². The highest BCUT2D eigenvalue weighted by Gasteiger charge is 2.19. The molecule has 1 fully saturated rings. The Labute approximate surface area is 155 Å². The number of allylic oxidation sites excluding steroid dienone is 1. The molecule has 26 heavy (non-hydrogen) atoms. The number of nitrogens with zero attached hydrogens (tertiary/aromatic N) is 5. The Morgan fingerprint density at radius 3 is 2.62 bits per heavy atom. The van der Waals surface area contributed by atoms with Crippen LogP contribution in [0.2, 0.25) is 0 Å². The summed E-state index contributed by atoms with van der Waals surface area (Å²) in [6.07, 6.45) is 6.42. The average Bonchev–Trinajstić information content (AvgIpc) is 3.25. The van der Waals surface area contributed by atoms with Gasteiger partial charge in [-0.05, 0) is 39.4 Å². The molecule has 1 aliphatic heterocycles. The van der Waals surface area contributed by atoms with Gasteiger partial charge >= 0.3 is 0 Å². The summed E-state index contributed by atoms with van der Waals surface area (Å²) in [7, 11) is 2.09. The minimum absolute atomic E-state index is 0.473. The molecule has 0 saturated carbocycles. The number of fused-ring (bicyclic) bond motifs is 1. The lowest BCUT2D eigenvalue weighted by Crippen LogP contribution is -2.23. The van der Waals surface area contributed by atoms with E-state index in [9.17, 15) is 0 Å². The molecule has 8 heteroatoms. The second-order valence-electron chi connectivity index (χ2n) is 5.32. The Morgan fingerprint density at radius 1 is 1.50 bits per heavy atom. The maximum atomic E-state index is 9.06. The molecule has 3 heterocycles. The zero-order chi connectivity index (χ0) is 19.9. The van der Waals surface area contributed by atoms with Gasteiger partial charge < -0.3 is 10.6 Å². The van der Waals surface area contributed by atoms with Gasteiger partial charge in [-0.2, -0.15) is 10.4 Å². The molecule has 142 valence electrons. The molecule has 3 N–H and O–H groups in total. The molecular formula is C18H29N7O. The number of nitriles is 1. The fraction of sp³-hybridized carbons (Fsp3) is 0.500. The number of H-pyrrole nitrogens is 1. The Bertz CT molecular complexity index is 699. The van der Waals surface area contributed by atoms with E-state index >= 15 is 0 Å². The normalized spacial score (nSPS) is 15.3. The van der Waals surface area contributed by atoms with Gasteiger partial charge in [-0.3, -0.25) is 9.89 Å². The fourth-order valence-corrected chi connectivity index (χ4v) is 2.37. The van der Waals surface area contributed by atoms with Gasteiger partial charge in [-0.15, -0.1) is 0 Å². The Hall–Kier alpha value is -2.79. The summed E-state index contributed by atoms with van der Waals surface area (Å²) >= 11 is 0. The Kier molecular flexibility index (Phi) is 12.0. The minimum atomic E-state index is 0.473. The summed E-state index contributed by atoms with van der Waals surface area (Å²) in [6, 6.07) is 2.75. The third-order valence-electron chi connectivity index (χ3n) is 3.66. The number of hydrogen-bond acceptors (Lipinski definition) is 7. The first-order valence-electron chi connectivity index (χ1n) is 8.59. The van der Waals surface area contributed by atoms with E-state index in [1.807, 2.05) is 20.8 Å². The summed E-state index contributed by atoms with van der Waals surface area (Å²) in [5.74, 6) is 0.473. The van der Waals surface area contributed by atoms with Gasteiger partial charge in [0.05, 0.1) is 17.9 Å². The quantitative estimate of drug-likeness (QED) is 0.623. The lowest BCUT2D eigenvalue weighted by molar-refractivity contribution is -0.104. The molecule has 0 radical (unpaired) electrons. The Balaban J connectivity index is 0.000000377. The average molecular weight is 359 g/mol. The number of nitrogens with one attached hydrogen (secondary N) is 1. The number of carbonyl (C=O) groups excluding carboxylic acids is 1. The highest BCUT2D eigenvalue weighted by Crippen LogP contribution is 2.17. The summed E-state index contributed by atoms with van der Waals surface area (Å²) in [6.45, 7) is 10.2. The number of anilines is 1. The van der Waals surface area contributed by atoms with E-state index in [0.717, 1.165) is 11.1 Å². The number of aldehydes is 1. The van der Waals surface area contributed by atoms with Crippen molar-refractivity contribution in [3.8, 4) is 6.07 Å². The van der Waals surface area contributed by atoms with E-state index in [0.29, 0.717) is 30.2 Å². The lowest BCUT2D eigenvalue weighted by Gasteiger charge is -2.14. The molecular weight excluding hydrogens is 330 g/mol. The molecule has 0 bridgehead atoms. The van der Waals surface area contributed by atoms with Crippen LogP contribution >= 0.6 is 0 Å². The number of aromatic amines is 1. The molecule has 0 amide bonds. The monoisotopic (exact) mass is 359 g/mol. The van der Waals surface area contributed by atoms with Crippen molar-refractivity contribution in [2.45, 2.75) is 46.1 Å². The van der Waals surface area contributed by atoms with Crippen molar-refractivity contribution in [3.05, 3.63) is 24.7 Å². The second kappa shape index (κ2) is 13.5. The predicted molar refractivity (Wildman–Crippen MR) is 104 cm³/mol. The highest BCUT2D eigenvalue weighted by atomic mass is 16.1. The molecule has 0 aromatic carbocycles. The van der Waals surface area contributed by atoms with E-state index in [-0.39, 0.29) is 0 Å². The number of hydrogen-bond donors (Lipinski definition) is 2. The van der Waals surface area contributed by atoms with Crippen LogP contribution in [0.15, 0.2) is 19.0 Å². The molecule has 1 atom stereocenters. The molecule has 0 spiro atoms. The van der Waals surface area contributed by atoms with Crippen LogP contribution in [0, 0.1) is 18.3 Å². The third-order valence-corrected chi connectivity index (χ3v) is 3.66. The molecule has 3 rings (SSSR count). The highest BCUT2D eigenvalue weighted by molar-refractivity contribution is 5.87. The van der Waals surface area contributed by atoms with Crippen molar-refractivity contribution in [2.75, 3.05) is 19.3 Å². The molecule has 8 nitrogen and oxygen atoms in total. The van der Waals surface area contributed by atoms with Crippen LogP contribution in [-0.4, -0.2) is 51.0 Å². The van der Waals surface area contributed by atoms with Gasteiger partial charge in [0.2, 0.25) is 0 Å². The molecule has 0 aliphatic carbocycles. The van der Waals surface area contributed by atoms with E-state index in [1.165, 1.54) is 31.8 Å². The van der Waals surface area contributed by atoms with Gasteiger partial charge in [0.25, 0.3) is 0 Å². The maximum Gasteiger partial charge on any atom is 0.186 e. The summed E-state index contributed by atoms with van der Waals surface area (Å²) in [5, 5.41) is 15.9. The van der Waals surface area contributed by atoms with Gasteiger partial charge in [0, 0.05) is 11.7 Å². The van der Waals surface area contributed by atoms with Crippen molar-refractivity contribution in [2.24, 2.45) is 0 Å². The van der Waals surface area contributed by atoms with Crippen LogP contribution in [-0.2, 0) is 4.79 Å². The topological polar surface area (TPSA) is 125 Å². The zero-order valence-corrected chi connectivity index (χ0v) is 16.1. The van der Waals surface area contributed by atoms with Gasteiger partial charge in [-0.1, -0.05) is 20.4 Å². The van der Waals surface area contributed by atoms with E-state index < -0.39 is 0 Å². The van der Waals surface area contributed by atoms with Gasteiger partial charge in [-0.25, -0.2) is 9.97 Å². The SMILES string of the molecule is C=CC=O.CC.CN1CCCC1CC#N.Cc1[nH]nc2ncnc(N)c12. The number of carbonyl (C=O) groups is 1. The first-order chi connectivity index (χ1) is 12.5. The summed E-state index contributed by atoms with van der Waals surface area (Å²) < 4.78 is 0. The van der Waals surface area contributed by atoms with Crippen molar-refractivity contribution < 1.29 is 4.79 Å². The number of likely N-dealkylation sites (tertiary alicyclic amines) is 1. The van der Waals surface area contributed by atoms with Gasteiger partial charge in [0.15, 0.2) is 5.65 Å². The number of nitrogens with two attached hydrogens (primary N) is 1. The molecule has 1 unspecified atom stereocenters. The molecule has 1 aliphatic rings. The van der Waals surface area contributed by atoms with Crippen LogP contribution < -0.4 is 5.73 Å². The first kappa shape index (κ1) is 23.2. The van der Waals surface area contributed by atoms with Crippen molar-refractivity contribution in [3.63, 3.8) is 0 Å². The summed E-state index contributed by atoms with van der Waals surface area (Å²) in [5.41, 5.74) is 7.11. The van der Waals surface area contributed by atoms with Crippen molar-refractivity contribution in [1.29, 1.82) is 5.26 Å². The minimum Gasteiger partial charge on any atom is -0.383 e. The lowest BCUT2D eigenvalue weighted by atomic mass is 10.2. The van der Waals surface area contributed by atoms with Crippen LogP contribution in [0.4, 0.5) is 5.82 Å².